The standard InChI is InChI=1S/C27H28N2O5/c1-2-33-27(30)26-23-15-14-22(25(23)29(34-26)21-10-4-3-5-11-21)24(17-28(31)32)20-13-12-18-8-6-7-9-19(18)16-20/h3-13,16,22-26H,2,14-15,17H2,1H3/t22-,23+,24-,25-,26+/m1/s1. The quantitative estimate of drug-likeness (QED) is 0.281. The molecule has 0 unspecified atom stereocenters. The summed E-state index contributed by atoms with van der Waals surface area (Å²) in [4.78, 5) is 30.5. The van der Waals surface area contributed by atoms with E-state index in [-0.39, 0.29) is 47.8 Å². The third-order valence-corrected chi connectivity index (χ3v) is 7.19. The average Bonchev–Trinajstić information content (AvgIpc) is 3.44. The summed E-state index contributed by atoms with van der Waals surface area (Å²) < 4.78 is 5.31. The number of hydroxylamine groups is 1. The molecule has 0 radical (unpaired) electrons. The minimum atomic E-state index is -0.706. The fourth-order valence-corrected chi connectivity index (χ4v) is 5.77. The van der Waals surface area contributed by atoms with Gasteiger partial charge in [-0.25, -0.2) is 9.86 Å². The number of nitro groups is 1. The second-order valence-corrected chi connectivity index (χ2v) is 9.06. The van der Waals surface area contributed by atoms with Crippen LogP contribution in [0.4, 0.5) is 5.69 Å². The normalized spacial score (nSPS) is 24.7. The van der Waals surface area contributed by atoms with E-state index in [0.29, 0.717) is 0 Å². The smallest absolute Gasteiger partial charge is 0.338 e. The molecule has 0 spiro atoms. The Morgan fingerprint density at radius 1 is 1.09 bits per heavy atom. The fourth-order valence-electron chi connectivity index (χ4n) is 5.77. The van der Waals surface area contributed by atoms with Gasteiger partial charge in [-0.05, 0) is 54.2 Å². The van der Waals surface area contributed by atoms with E-state index in [0.717, 1.165) is 34.9 Å². The van der Waals surface area contributed by atoms with E-state index in [9.17, 15) is 14.9 Å². The molecule has 0 amide bonds. The second kappa shape index (κ2) is 9.43. The molecule has 176 valence electrons. The topological polar surface area (TPSA) is 81.9 Å². The number of rotatable bonds is 7. The Morgan fingerprint density at radius 3 is 2.56 bits per heavy atom. The third-order valence-electron chi connectivity index (χ3n) is 7.19. The van der Waals surface area contributed by atoms with Crippen molar-refractivity contribution in [3.8, 4) is 0 Å². The molecule has 1 saturated carbocycles. The van der Waals surface area contributed by atoms with Crippen molar-refractivity contribution < 1.29 is 19.3 Å². The lowest BCUT2D eigenvalue weighted by molar-refractivity contribution is -0.485. The molecule has 1 heterocycles. The van der Waals surface area contributed by atoms with Crippen LogP contribution in [0.3, 0.4) is 0 Å². The van der Waals surface area contributed by atoms with Crippen LogP contribution in [-0.2, 0) is 14.4 Å². The molecule has 3 aromatic carbocycles. The number of anilines is 1. The van der Waals surface area contributed by atoms with E-state index in [4.69, 9.17) is 9.57 Å². The molecule has 2 aliphatic rings. The molecule has 1 aliphatic carbocycles. The van der Waals surface area contributed by atoms with Gasteiger partial charge in [-0.15, -0.1) is 0 Å². The van der Waals surface area contributed by atoms with Crippen LogP contribution in [0.15, 0.2) is 72.8 Å². The van der Waals surface area contributed by atoms with Gasteiger partial charge in [-0.1, -0.05) is 60.7 Å². The number of fused-ring (bicyclic) bond motifs is 2. The molecule has 5 rings (SSSR count). The number of esters is 1. The summed E-state index contributed by atoms with van der Waals surface area (Å²) >= 11 is 0. The molecule has 2 fully saturated rings. The first-order valence-corrected chi connectivity index (χ1v) is 11.8. The van der Waals surface area contributed by atoms with Crippen LogP contribution in [0.25, 0.3) is 10.8 Å². The molecule has 34 heavy (non-hydrogen) atoms. The lowest BCUT2D eigenvalue weighted by Gasteiger charge is -2.32. The van der Waals surface area contributed by atoms with Crippen molar-refractivity contribution in [2.24, 2.45) is 11.8 Å². The highest BCUT2D eigenvalue weighted by atomic mass is 16.7. The number of carbonyl (C=O) groups excluding carboxylic acids is 1. The molecule has 3 aromatic rings. The summed E-state index contributed by atoms with van der Waals surface area (Å²) in [5.41, 5.74) is 1.79. The van der Waals surface area contributed by atoms with E-state index in [1.54, 1.807) is 6.92 Å². The van der Waals surface area contributed by atoms with Gasteiger partial charge in [0.15, 0.2) is 6.10 Å². The van der Waals surface area contributed by atoms with Crippen molar-refractivity contribution in [1.82, 2.24) is 0 Å². The van der Waals surface area contributed by atoms with Gasteiger partial charge in [0.05, 0.1) is 24.3 Å². The minimum Gasteiger partial charge on any atom is -0.464 e. The first-order chi connectivity index (χ1) is 16.6. The Bertz CT molecular complexity index is 1180. The van der Waals surface area contributed by atoms with E-state index in [2.05, 4.69) is 6.07 Å². The van der Waals surface area contributed by atoms with Crippen molar-refractivity contribution in [3.63, 3.8) is 0 Å². The minimum absolute atomic E-state index is 0.0452. The molecule has 1 saturated heterocycles. The number of ether oxygens (including phenoxy) is 1. The van der Waals surface area contributed by atoms with Gasteiger partial charge < -0.3 is 4.74 Å². The number of hydrogen-bond acceptors (Lipinski definition) is 6. The van der Waals surface area contributed by atoms with Crippen molar-refractivity contribution in [3.05, 3.63) is 88.5 Å². The highest BCUT2D eigenvalue weighted by Crippen LogP contribution is 2.50. The number of carbonyl (C=O) groups is 1. The van der Waals surface area contributed by atoms with Gasteiger partial charge in [-0.3, -0.25) is 15.0 Å². The number of hydrogen-bond donors (Lipinski definition) is 0. The molecule has 1 aliphatic heterocycles. The predicted molar refractivity (Wildman–Crippen MR) is 129 cm³/mol. The zero-order valence-electron chi connectivity index (χ0n) is 19.1. The first-order valence-electron chi connectivity index (χ1n) is 11.8. The van der Waals surface area contributed by atoms with Gasteiger partial charge in [0.1, 0.15) is 0 Å². The maximum absolute atomic E-state index is 12.8. The number of para-hydroxylation sites is 1. The number of nitrogens with zero attached hydrogens (tertiary/aromatic N) is 2. The molecule has 0 bridgehead atoms. The average molecular weight is 461 g/mol. The number of benzene rings is 3. The summed E-state index contributed by atoms with van der Waals surface area (Å²) in [6.45, 7) is 1.90. The summed E-state index contributed by atoms with van der Waals surface area (Å²) in [5, 5.41) is 15.8. The van der Waals surface area contributed by atoms with E-state index in [1.807, 2.05) is 71.8 Å². The predicted octanol–water partition coefficient (Wildman–Crippen LogP) is 4.98. The maximum Gasteiger partial charge on any atom is 0.338 e. The Morgan fingerprint density at radius 2 is 1.82 bits per heavy atom. The fraction of sp³-hybridized carbons (Fsp3) is 0.370. The van der Waals surface area contributed by atoms with Crippen LogP contribution < -0.4 is 5.06 Å². The zero-order valence-corrected chi connectivity index (χ0v) is 19.1. The van der Waals surface area contributed by atoms with E-state index >= 15 is 0 Å². The monoisotopic (exact) mass is 460 g/mol. The van der Waals surface area contributed by atoms with Crippen LogP contribution in [0.5, 0.6) is 0 Å². The maximum atomic E-state index is 12.8. The van der Waals surface area contributed by atoms with Gasteiger partial charge in [0.2, 0.25) is 6.54 Å². The molecular weight excluding hydrogens is 432 g/mol. The third kappa shape index (κ3) is 4.12. The largest absolute Gasteiger partial charge is 0.464 e. The molecular formula is C27H28N2O5. The van der Waals surface area contributed by atoms with Crippen molar-refractivity contribution in [2.45, 2.75) is 37.8 Å². The van der Waals surface area contributed by atoms with Gasteiger partial charge in [0, 0.05) is 10.8 Å². The molecule has 0 aromatic heterocycles. The lowest BCUT2D eigenvalue weighted by atomic mass is 9.80. The van der Waals surface area contributed by atoms with Crippen LogP contribution in [0.2, 0.25) is 0 Å². The Labute approximate surface area is 198 Å². The lowest BCUT2D eigenvalue weighted by Crippen LogP contribution is -2.39. The van der Waals surface area contributed by atoms with Crippen LogP contribution in [-0.4, -0.2) is 36.2 Å². The first kappa shape index (κ1) is 22.3. The SMILES string of the molecule is CCOC(=O)[C@H]1ON(c2ccccc2)[C@H]2[C@@H]1CC[C@@H]2[C@H](C[N+](=O)[O-])c1ccc2ccccc2c1. The Hall–Kier alpha value is -3.45. The molecule has 0 N–H and O–H groups in total. The molecule has 5 atom stereocenters. The van der Waals surface area contributed by atoms with Crippen LogP contribution >= 0.6 is 0 Å². The summed E-state index contributed by atoms with van der Waals surface area (Å²) in [6, 6.07) is 23.7. The van der Waals surface area contributed by atoms with Crippen molar-refractivity contribution in [2.75, 3.05) is 18.2 Å². The highest BCUT2D eigenvalue weighted by molar-refractivity contribution is 5.83. The summed E-state index contributed by atoms with van der Waals surface area (Å²) in [6.07, 6.45) is 0.829. The summed E-state index contributed by atoms with van der Waals surface area (Å²) in [7, 11) is 0. The Balaban J connectivity index is 1.54. The molecule has 7 nitrogen and oxygen atoms in total. The van der Waals surface area contributed by atoms with Gasteiger partial charge in [0.25, 0.3) is 0 Å². The van der Waals surface area contributed by atoms with Crippen molar-refractivity contribution >= 4 is 22.4 Å². The zero-order chi connectivity index (χ0) is 23.7. The second-order valence-electron chi connectivity index (χ2n) is 9.06. The molecule has 7 heteroatoms. The van der Waals surface area contributed by atoms with Crippen LogP contribution in [0, 0.1) is 22.0 Å². The van der Waals surface area contributed by atoms with Crippen LogP contribution in [0.1, 0.15) is 31.2 Å². The van der Waals surface area contributed by atoms with Gasteiger partial charge >= 0.3 is 5.97 Å². The van der Waals surface area contributed by atoms with Crippen molar-refractivity contribution in [1.29, 1.82) is 0 Å². The summed E-state index contributed by atoms with van der Waals surface area (Å²) in [5.74, 6) is -0.798. The van der Waals surface area contributed by atoms with Gasteiger partial charge in [-0.2, -0.15) is 0 Å². The highest BCUT2D eigenvalue weighted by Gasteiger charge is 2.56. The van der Waals surface area contributed by atoms with E-state index in [1.165, 1.54) is 0 Å². The van der Waals surface area contributed by atoms with E-state index < -0.39 is 6.10 Å². The Kier molecular flexibility index (Phi) is 6.20.